The average molecular weight is 550 g/mol. The van der Waals surface area contributed by atoms with Crippen LogP contribution in [0.4, 0.5) is 0 Å². The summed E-state index contributed by atoms with van der Waals surface area (Å²) in [5.74, 6) is 4.93. The van der Waals surface area contributed by atoms with E-state index < -0.39 is 6.04 Å². The van der Waals surface area contributed by atoms with Crippen LogP contribution in [0.15, 0.2) is 35.9 Å². The van der Waals surface area contributed by atoms with E-state index in [1.165, 1.54) is 51.4 Å². The Morgan fingerprint density at radius 2 is 1.77 bits per heavy atom. The first-order valence-electron chi connectivity index (χ1n) is 16.4. The van der Waals surface area contributed by atoms with Crippen molar-refractivity contribution in [3.8, 4) is 5.75 Å². The summed E-state index contributed by atoms with van der Waals surface area (Å²) >= 11 is 0. The second kappa shape index (κ2) is 11.8. The predicted molar refractivity (Wildman–Crippen MR) is 163 cm³/mol. The Kier molecular flexibility index (Phi) is 8.77. The quantitative estimate of drug-likeness (QED) is 0.240. The molecule has 4 aliphatic carbocycles. The van der Waals surface area contributed by atoms with Gasteiger partial charge in [-0.25, -0.2) is 0 Å². The number of carbonyl (C=O) groups is 1. The molecule has 4 heteroatoms. The van der Waals surface area contributed by atoms with Gasteiger partial charge in [-0.2, -0.15) is 0 Å². The second-order valence-corrected chi connectivity index (χ2v) is 15.1. The number of rotatable bonds is 9. The highest BCUT2D eigenvalue weighted by molar-refractivity contribution is 5.76. The van der Waals surface area contributed by atoms with Crippen LogP contribution in [0.1, 0.15) is 111 Å². The molecule has 1 aromatic rings. The highest BCUT2D eigenvalue weighted by Gasteiger charge is 2.59. The first-order chi connectivity index (χ1) is 19.0. The Labute approximate surface area is 243 Å². The number of hydrogen-bond donors (Lipinski definition) is 2. The molecule has 0 amide bonds. The zero-order valence-corrected chi connectivity index (χ0v) is 25.8. The molecule has 3 N–H and O–H groups in total. The molecule has 3 saturated carbocycles. The van der Waals surface area contributed by atoms with Crippen LogP contribution >= 0.6 is 0 Å². The molecule has 0 aliphatic heterocycles. The van der Waals surface area contributed by atoms with E-state index in [1.54, 1.807) is 17.7 Å². The molecule has 4 aliphatic rings. The van der Waals surface area contributed by atoms with Crippen LogP contribution in [0.25, 0.3) is 0 Å². The predicted octanol–water partition coefficient (Wildman–Crippen LogP) is 8.22. The van der Waals surface area contributed by atoms with Crippen molar-refractivity contribution in [2.75, 3.05) is 0 Å². The molecular weight excluding hydrogens is 494 g/mol. The number of ether oxygens (including phenoxy) is 1. The molecule has 0 aromatic heterocycles. The van der Waals surface area contributed by atoms with Gasteiger partial charge in [0.25, 0.3) is 0 Å². The van der Waals surface area contributed by atoms with Gasteiger partial charge in [0.05, 0.1) is 0 Å². The van der Waals surface area contributed by atoms with Crippen molar-refractivity contribution in [3.63, 3.8) is 0 Å². The van der Waals surface area contributed by atoms with Crippen LogP contribution < -0.4 is 5.73 Å². The topological polar surface area (TPSA) is 72.5 Å². The van der Waals surface area contributed by atoms with Crippen LogP contribution in [0.3, 0.4) is 0 Å². The summed E-state index contributed by atoms with van der Waals surface area (Å²) in [6, 6.07) is 6.21. The van der Waals surface area contributed by atoms with Crippen molar-refractivity contribution in [1.82, 2.24) is 0 Å². The fourth-order valence-corrected chi connectivity index (χ4v) is 9.97. The summed E-state index contributed by atoms with van der Waals surface area (Å²) in [6.07, 6.45) is 16.8. The first-order valence-corrected chi connectivity index (χ1v) is 16.4. The number of nitrogens with two attached hydrogens (primary N) is 1. The van der Waals surface area contributed by atoms with Gasteiger partial charge in [0.1, 0.15) is 17.9 Å². The maximum absolute atomic E-state index is 12.9. The number of phenols is 1. The smallest absolute Gasteiger partial charge is 0.323 e. The molecule has 40 heavy (non-hydrogen) atoms. The number of carbonyl (C=O) groups excluding carboxylic acids is 1. The summed E-state index contributed by atoms with van der Waals surface area (Å²) in [4.78, 5) is 12.9. The Morgan fingerprint density at radius 1 is 1.02 bits per heavy atom. The molecule has 5 rings (SSSR count). The van der Waals surface area contributed by atoms with Crippen molar-refractivity contribution in [3.05, 3.63) is 41.5 Å². The second-order valence-electron chi connectivity index (χ2n) is 15.1. The third-order valence-corrected chi connectivity index (χ3v) is 12.2. The van der Waals surface area contributed by atoms with E-state index >= 15 is 0 Å². The van der Waals surface area contributed by atoms with Gasteiger partial charge >= 0.3 is 5.97 Å². The van der Waals surface area contributed by atoms with Gasteiger partial charge in [-0.3, -0.25) is 4.79 Å². The fraction of sp³-hybridized carbons (Fsp3) is 0.750. The maximum atomic E-state index is 12.9. The lowest BCUT2D eigenvalue weighted by Crippen LogP contribution is -2.51. The summed E-state index contributed by atoms with van der Waals surface area (Å²) in [6.45, 7) is 12.5. The van der Waals surface area contributed by atoms with E-state index in [2.05, 4.69) is 40.7 Å². The van der Waals surface area contributed by atoms with Crippen LogP contribution in [0, 0.1) is 46.3 Å². The Bertz CT molecular complexity index is 1060. The Morgan fingerprint density at radius 3 is 2.50 bits per heavy atom. The van der Waals surface area contributed by atoms with Gasteiger partial charge in [0.15, 0.2) is 0 Å². The summed E-state index contributed by atoms with van der Waals surface area (Å²) in [5.41, 5.74) is 9.48. The molecule has 0 heterocycles. The number of aromatic hydroxyl groups is 1. The monoisotopic (exact) mass is 549 g/mol. The van der Waals surface area contributed by atoms with E-state index in [4.69, 9.17) is 10.5 Å². The van der Waals surface area contributed by atoms with Crippen molar-refractivity contribution in [1.29, 1.82) is 0 Å². The van der Waals surface area contributed by atoms with Gasteiger partial charge in [0, 0.05) is 6.42 Å². The summed E-state index contributed by atoms with van der Waals surface area (Å²) < 4.78 is 6.00. The van der Waals surface area contributed by atoms with Gasteiger partial charge in [0.2, 0.25) is 0 Å². The minimum atomic E-state index is -0.679. The summed E-state index contributed by atoms with van der Waals surface area (Å²) in [5, 5.41) is 9.51. The number of fused-ring (bicyclic) bond motifs is 5. The number of esters is 1. The zero-order chi connectivity index (χ0) is 28.7. The molecule has 4 nitrogen and oxygen atoms in total. The van der Waals surface area contributed by atoms with Crippen LogP contribution in [0.2, 0.25) is 0 Å². The van der Waals surface area contributed by atoms with E-state index in [0.29, 0.717) is 11.8 Å². The number of hydrogen-bond acceptors (Lipinski definition) is 4. The van der Waals surface area contributed by atoms with Crippen molar-refractivity contribution in [2.24, 2.45) is 52.1 Å². The minimum absolute atomic E-state index is 0.0642. The van der Waals surface area contributed by atoms with Gasteiger partial charge < -0.3 is 15.6 Å². The van der Waals surface area contributed by atoms with Crippen LogP contribution in [-0.2, 0) is 16.0 Å². The standard InChI is InChI=1S/C36H55NO3/c1-23(2)7-6-8-24(3)30-15-16-31-29-14-11-26-22-28(17-19-35(26,4)32(29)18-20-36(30,31)5)40-34(39)33(37)21-25-9-12-27(38)13-10-25/h9-13,23-24,28-33,38H,6-8,14-22,37H2,1-5H3/t24-,28+,29+,30-,31+,32+,33?,35+,36-/m1/s1. The lowest BCUT2D eigenvalue weighted by atomic mass is 9.47. The lowest BCUT2D eigenvalue weighted by molar-refractivity contribution is -0.153. The number of benzene rings is 1. The third-order valence-electron chi connectivity index (χ3n) is 12.2. The molecule has 0 bridgehead atoms. The van der Waals surface area contributed by atoms with E-state index in [1.807, 2.05) is 12.1 Å². The van der Waals surface area contributed by atoms with Gasteiger partial charge in [-0.15, -0.1) is 0 Å². The van der Waals surface area contributed by atoms with Gasteiger partial charge in [-0.1, -0.05) is 77.7 Å². The van der Waals surface area contributed by atoms with E-state index in [-0.39, 0.29) is 23.2 Å². The minimum Gasteiger partial charge on any atom is -0.508 e. The third kappa shape index (κ3) is 5.76. The highest BCUT2D eigenvalue weighted by Crippen LogP contribution is 2.67. The molecule has 0 saturated heterocycles. The SMILES string of the molecule is CC(C)CCC[C@@H](C)[C@H]1CC[C@H]2[C@@H]3CC=C4C[C@@H](OC(=O)C(N)Cc5ccc(O)cc5)CC[C@]4(C)[C@H]3CC[C@]12C. The molecule has 1 unspecified atom stereocenters. The Hall–Kier alpha value is -1.81. The van der Waals surface area contributed by atoms with E-state index in [9.17, 15) is 9.90 Å². The largest absolute Gasteiger partial charge is 0.508 e. The molecular formula is C36H55NO3. The van der Waals surface area contributed by atoms with E-state index in [0.717, 1.165) is 60.3 Å². The van der Waals surface area contributed by atoms with Crippen molar-refractivity contribution in [2.45, 2.75) is 124 Å². The molecule has 1 aromatic carbocycles. The number of allylic oxidation sites excluding steroid dienone is 1. The zero-order valence-electron chi connectivity index (χ0n) is 25.8. The molecule has 0 radical (unpaired) electrons. The lowest BCUT2D eigenvalue weighted by Gasteiger charge is -2.58. The normalized spacial score (nSPS) is 36.7. The molecule has 3 fully saturated rings. The molecule has 222 valence electrons. The maximum Gasteiger partial charge on any atom is 0.323 e. The molecule has 0 spiro atoms. The number of phenolic OH excluding ortho intramolecular Hbond substituents is 1. The average Bonchev–Trinajstić information content (AvgIpc) is 3.27. The fourth-order valence-electron chi connectivity index (χ4n) is 9.97. The van der Waals surface area contributed by atoms with Crippen LogP contribution in [0.5, 0.6) is 5.75 Å². The highest BCUT2D eigenvalue weighted by atomic mass is 16.5. The first kappa shape index (κ1) is 29.7. The van der Waals surface area contributed by atoms with Gasteiger partial charge in [-0.05, 0) is 115 Å². The van der Waals surface area contributed by atoms with Crippen LogP contribution in [-0.4, -0.2) is 23.2 Å². The van der Waals surface area contributed by atoms with Crippen molar-refractivity contribution >= 4 is 5.97 Å². The van der Waals surface area contributed by atoms with Crippen molar-refractivity contribution < 1.29 is 14.6 Å². The molecule has 9 atom stereocenters. The Balaban J connectivity index is 1.20. The summed E-state index contributed by atoms with van der Waals surface area (Å²) in [7, 11) is 0.